The van der Waals surface area contributed by atoms with Crippen molar-refractivity contribution in [1.82, 2.24) is 4.57 Å². The van der Waals surface area contributed by atoms with E-state index in [1.54, 1.807) is 18.2 Å². The highest BCUT2D eigenvalue weighted by Crippen LogP contribution is 2.16. The topological polar surface area (TPSA) is 48.1 Å². The summed E-state index contributed by atoms with van der Waals surface area (Å²) in [7, 11) is 0. The lowest BCUT2D eigenvalue weighted by atomic mass is 10.3. The largest absolute Gasteiger partial charge is 0.317 e. The van der Waals surface area contributed by atoms with Crippen molar-refractivity contribution in [1.29, 1.82) is 0 Å². The van der Waals surface area contributed by atoms with Gasteiger partial charge in [0.15, 0.2) is 0 Å². The molecule has 86 valence electrons. The van der Waals surface area contributed by atoms with Gasteiger partial charge in [0, 0.05) is 23.0 Å². The molecule has 0 fully saturated rings. The van der Waals surface area contributed by atoms with Crippen molar-refractivity contribution in [3.8, 4) is 5.69 Å². The first kappa shape index (κ1) is 11.4. The van der Waals surface area contributed by atoms with Gasteiger partial charge in [0.2, 0.25) is 6.20 Å². The average molecular weight is 249 g/mol. The van der Waals surface area contributed by atoms with Crippen LogP contribution in [0.4, 0.5) is 0 Å². The van der Waals surface area contributed by atoms with E-state index in [2.05, 4.69) is 0 Å². The number of rotatable bonds is 3. The van der Waals surface area contributed by atoms with Crippen LogP contribution in [0.15, 0.2) is 48.8 Å². The Morgan fingerprint density at radius 3 is 2.59 bits per heavy atom. The molecule has 0 aliphatic rings. The molecule has 0 aliphatic heterocycles. The smallest absolute Gasteiger partial charge is 0.236 e. The highest BCUT2D eigenvalue weighted by atomic mass is 35.5. The molecule has 17 heavy (non-hydrogen) atoms. The number of hydrogen-bond donors (Lipinski definition) is 0. The van der Waals surface area contributed by atoms with Crippen LogP contribution in [0.25, 0.3) is 11.8 Å². The molecule has 0 bridgehead atoms. The summed E-state index contributed by atoms with van der Waals surface area (Å²) in [5.74, 6) is 0. The molecule has 0 saturated carbocycles. The first-order valence-corrected chi connectivity index (χ1v) is 5.29. The highest BCUT2D eigenvalue weighted by Gasteiger charge is 2.01. The maximum atomic E-state index is 10.3. The van der Waals surface area contributed by atoms with Gasteiger partial charge in [-0.2, -0.15) is 0 Å². The molecule has 5 heteroatoms. The van der Waals surface area contributed by atoms with Crippen molar-refractivity contribution in [3.63, 3.8) is 0 Å². The van der Waals surface area contributed by atoms with E-state index in [-0.39, 0.29) is 0 Å². The highest BCUT2D eigenvalue weighted by molar-refractivity contribution is 6.30. The van der Waals surface area contributed by atoms with Gasteiger partial charge >= 0.3 is 0 Å². The van der Waals surface area contributed by atoms with E-state index < -0.39 is 4.92 Å². The fourth-order valence-corrected chi connectivity index (χ4v) is 1.63. The number of nitrogens with zero attached hydrogens (tertiary/aromatic N) is 2. The van der Waals surface area contributed by atoms with Crippen LogP contribution < -0.4 is 0 Å². The summed E-state index contributed by atoms with van der Waals surface area (Å²) in [5, 5.41) is 10.9. The van der Waals surface area contributed by atoms with E-state index in [4.69, 9.17) is 11.6 Å². The average Bonchev–Trinajstić information content (AvgIpc) is 2.75. The Hall–Kier alpha value is -2.07. The van der Waals surface area contributed by atoms with Gasteiger partial charge in [-0.15, -0.1) is 0 Å². The minimum absolute atomic E-state index is 0.487. The van der Waals surface area contributed by atoms with Crippen LogP contribution in [0.3, 0.4) is 0 Å². The van der Waals surface area contributed by atoms with Crippen molar-refractivity contribution in [2.75, 3.05) is 0 Å². The number of aromatic nitrogens is 1. The van der Waals surface area contributed by atoms with Crippen LogP contribution in [-0.2, 0) is 0 Å². The first-order chi connectivity index (χ1) is 8.16. The maximum absolute atomic E-state index is 10.3. The van der Waals surface area contributed by atoms with E-state index in [0.717, 1.165) is 17.6 Å². The van der Waals surface area contributed by atoms with Gasteiger partial charge in [-0.1, -0.05) is 11.6 Å². The van der Waals surface area contributed by atoms with Gasteiger partial charge in [0.1, 0.15) is 0 Å². The molecular formula is C12H9ClN2O2. The van der Waals surface area contributed by atoms with Gasteiger partial charge in [-0.05, 0) is 36.4 Å². The van der Waals surface area contributed by atoms with Gasteiger partial charge in [0.25, 0.3) is 0 Å². The minimum Gasteiger partial charge on any atom is -0.317 e. The van der Waals surface area contributed by atoms with Crippen molar-refractivity contribution >= 4 is 17.7 Å². The zero-order valence-electron chi connectivity index (χ0n) is 8.79. The molecule has 0 aliphatic carbocycles. The number of benzene rings is 1. The second kappa shape index (κ2) is 4.84. The Morgan fingerprint density at radius 1 is 1.24 bits per heavy atom. The molecule has 0 atom stereocenters. The third kappa shape index (κ3) is 2.73. The molecule has 1 aromatic carbocycles. The molecule has 2 rings (SSSR count). The summed E-state index contributed by atoms with van der Waals surface area (Å²) < 4.78 is 1.84. The Bertz CT molecular complexity index is 558. The Morgan fingerprint density at radius 2 is 1.94 bits per heavy atom. The molecule has 0 radical (unpaired) electrons. The van der Waals surface area contributed by atoms with Gasteiger partial charge in [-0.3, -0.25) is 10.1 Å². The van der Waals surface area contributed by atoms with Crippen LogP contribution in [0.1, 0.15) is 5.69 Å². The SMILES string of the molecule is O=[N+]([O-])C=Cc1cccn1-c1ccc(Cl)cc1. The van der Waals surface area contributed by atoms with E-state index in [0.29, 0.717) is 5.02 Å². The van der Waals surface area contributed by atoms with Crippen LogP contribution in [0, 0.1) is 10.1 Å². The molecule has 0 N–H and O–H groups in total. The number of nitro groups is 1. The lowest BCUT2D eigenvalue weighted by Gasteiger charge is -2.05. The van der Waals surface area contributed by atoms with Gasteiger partial charge < -0.3 is 4.57 Å². The summed E-state index contributed by atoms with van der Waals surface area (Å²) in [4.78, 5) is 9.79. The van der Waals surface area contributed by atoms with E-state index in [1.165, 1.54) is 6.08 Å². The standard InChI is InChI=1S/C12H9ClN2O2/c13-10-3-5-12(6-4-10)14-8-1-2-11(14)7-9-15(16)17/h1-9H. The predicted molar refractivity (Wildman–Crippen MR) is 66.8 cm³/mol. The number of hydrogen-bond acceptors (Lipinski definition) is 2. The monoisotopic (exact) mass is 248 g/mol. The lowest BCUT2D eigenvalue weighted by Crippen LogP contribution is -1.94. The van der Waals surface area contributed by atoms with E-state index in [1.807, 2.05) is 29.0 Å². The molecule has 1 aromatic heterocycles. The second-order valence-corrected chi connectivity index (χ2v) is 3.82. The van der Waals surface area contributed by atoms with Crippen molar-refractivity contribution in [2.45, 2.75) is 0 Å². The molecule has 1 heterocycles. The van der Waals surface area contributed by atoms with Crippen LogP contribution in [0.5, 0.6) is 0 Å². The third-order valence-corrected chi connectivity index (χ3v) is 2.50. The Labute approximate surface area is 103 Å². The van der Waals surface area contributed by atoms with Crippen molar-refractivity contribution in [2.24, 2.45) is 0 Å². The van der Waals surface area contributed by atoms with Crippen LogP contribution >= 0.6 is 11.6 Å². The van der Waals surface area contributed by atoms with Crippen molar-refractivity contribution < 1.29 is 4.92 Å². The fourth-order valence-electron chi connectivity index (χ4n) is 1.50. The Balaban J connectivity index is 2.36. The quantitative estimate of drug-likeness (QED) is 0.618. The van der Waals surface area contributed by atoms with E-state index >= 15 is 0 Å². The zero-order chi connectivity index (χ0) is 12.3. The first-order valence-electron chi connectivity index (χ1n) is 4.92. The molecule has 0 amide bonds. The molecule has 0 saturated heterocycles. The van der Waals surface area contributed by atoms with E-state index in [9.17, 15) is 10.1 Å². The molecule has 0 spiro atoms. The van der Waals surface area contributed by atoms with Crippen LogP contribution in [0.2, 0.25) is 5.02 Å². The molecule has 4 nitrogen and oxygen atoms in total. The zero-order valence-corrected chi connectivity index (χ0v) is 9.54. The summed E-state index contributed by atoms with van der Waals surface area (Å²) in [6.45, 7) is 0. The second-order valence-electron chi connectivity index (χ2n) is 3.38. The summed E-state index contributed by atoms with van der Waals surface area (Å²) in [6.07, 6.45) is 4.21. The fraction of sp³-hybridized carbons (Fsp3) is 0. The van der Waals surface area contributed by atoms with Gasteiger partial charge in [-0.25, -0.2) is 0 Å². The third-order valence-electron chi connectivity index (χ3n) is 2.25. The normalized spacial score (nSPS) is 10.9. The summed E-state index contributed by atoms with van der Waals surface area (Å²) >= 11 is 5.80. The molecule has 2 aromatic rings. The Kier molecular flexibility index (Phi) is 3.25. The van der Waals surface area contributed by atoms with Gasteiger partial charge in [0.05, 0.1) is 10.6 Å². The maximum Gasteiger partial charge on any atom is 0.236 e. The molecular weight excluding hydrogens is 240 g/mol. The number of halogens is 1. The van der Waals surface area contributed by atoms with Crippen molar-refractivity contribution in [3.05, 3.63) is 69.6 Å². The lowest BCUT2D eigenvalue weighted by molar-refractivity contribution is -0.401. The molecule has 0 unspecified atom stereocenters. The summed E-state index contributed by atoms with van der Waals surface area (Å²) in [6, 6.07) is 10.9. The predicted octanol–water partition coefficient (Wildman–Crippen LogP) is 3.38. The minimum atomic E-state index is -0.487. The van der Waals surface area contributed by atoms with Crippen LogP contribution in [-0.4, -0.2) is 9.49 Å². The summed E-state index contributed by atoms with van der Waals surface area (Å²) in [5.41, 5.74) is 1.64.